The lowest BCUT2D eigenvalue weighted by Crippen LogP contribution is -2.29. The third-order valence-electron chi connectivity index (χ3n) is 3.66. The van der Waals surface area contributed by atoms with E-state index in [1.165, 1.54) is 16.3 Å². The smallest absolute Gasteiger partial charge is 0.0450 e. The van der Waals surface area contributed by atoms with Gasteiger partial charge in [-0.25, -0.2) is 0 Å². The molecule has 0 saturated heterocycles. The highest BCUT2D eigenvalue weighted by atomic mass is 16.2. The fourth-order valence-electron chi connectivity index (χ4n) is 2.56. The van der Waals surface area contributed by atoms with Crippen LogP contribution in [0.3, 0.4) is 0 Å². The topological polar surface area (TPSA) is 58.3 Å². The van der Waals surface area contributed by atoms with Crippen molar-refractivity contribution in [1.82, 2.24) is 5.32 Å². The molecule has 0 bridgehead atoms. The summed E-state index contributed by atoms with van der Waals surface area (Å²) in [6, 6.07) is 15.0. The minimum atomic E-state index is 0.190. The van der Waals surface area contributed by atoms with Crippen molar-refractivity contribution in [3.05, 3.63) is 48.0 Å². The van der Waals surface area contributed by atoms with Gasteiger partial charge >= 0.3 is 0 Å². The molecule has 3 heteroatoms. The SMILES string of the molecule is NCC(NCCCCCO)c1cccc2ccccc12. The molecule has 0 aliphatic rings. The molecule has 1 atom stereocenters. The Labute approximate surface area is 120 Å². The molecular formula is C17H24N2O. The lowest BCUT2D eigenvalue weighted by atomic mass is 9.98. The van der Waals surface area contributed by atoms with Crippen molar-refractivity contribution in [2.75, 3.05) is 19.7 Å². The number of hydrogen-bond donors (Lipinski definition) is 3. The molecule has 0 spiro atoms. The van der Waals surface area contributed by atoms with Crippen molar-refractivity contribution in [2.45, 2.75) is 25.3 Å². The average molecular weight is 272 g/mol. The first-order valence-corrected chi connectivity index (χ1v) is 7.38. The Bertz CT molecular complexity index is 522. The monoisotopic (exact) mass is 272 g/mol. The Kier molecular flexibility index (Phi) is 5.99. The first-order valence-electron chi connectivity index (χ1n) is 7.38. The Balaban J connectivity index is 2.05. The summed E-state index contributed by atoms with van der Waals surface area (Å²) in [6.07, 6.45) is 3.00. The number of rotatable bonds is 8. The Hall–Kier alpha value is -1.42. The molecule has 4 N–H and O–H groups in total. The van der Waals surface area contributed by atoms with Crippen LogP contribution >= 0.6 is 0 Å². The average Bonchev–Trinajstić information content (AvgIpc) is 2.51. The molecule has 2 aromatic carbocycles. The number of unbranched alkanes of at least 4 members (excludes halogenated alkanes) is 2. The number of nitrogens with two attached hydrogens (primary N) is 1. The first-order chi connectivity index (χ1) is 9.86. The van der Waals surface area contributed by atoms with Crippen LogP contribution in [0.2, 0.25) is 0 Å². The van der Waals surface area contributed by atoms with E-state index < -0.39 is 0 Å². The van der Waals surface area contributed by atoms with Gasteiger partial charge < -0.3 is 16.2 Å². The van der Waals surface area contributed by atoms with Crippen LogP contribution in [0.15, 0.2) is 42.5 Å². The highest BCUT2D eigenvalue weighted by Gasteiger charge is 2.11. The summed E-state index contributed by atoms with van der Waals surface area (Å²) in [7, 11) is 0. The second-order valence-electron chi connectivity index (χ2n) is 5.10. The van der Waals surface area contributed by atoms with E-state index in [0.29, 0.717) is 6.54 Å². The summed E-state index contributed by atoms with van der Waals surface area (Å²) in [6.45, 7) is 1.81. The summed E-state index contributed by atoms with van der Waals surface area (Å²) in [5.74, 6) is 0. The predicted octanol–water partition coefficient (Wildman–Crippen LogP) is 2.59. The van der Waals surface area contributed by atoms with E-state index in [0.717, 1.165) is 25.8 Å². The Morgan fingerprint density at radius 3 is 2.60 bits per heavy atom. The van der Waals surface area contributed by atoms with E-state index >= 15 is 0 Å². The van der Waals surface area contributed by atoms with Gasteiger partial charge in [-0.05, 0) is 42.1 Å². The van der Waals surface area contributed by atoms with Gasteiger partial charge in [0.15, 0.2) is 0 Å². The van der Waals surface area contributed by atoms with Crippen LogP contribution in [0.5, 0.6) is 0 Å². The molecule has 2 rings (SSSR count). The number of hydrogen-bond acceptors (Lipinski definition) is 3. The molecule has 0 heterocycles. The fourth-order valence-corrected chi connectivity index (χ4v) is 2.56. The van der Waals surface area contributed by atoms with Crippen LogP contribution in [-0.2, 0) is 0 Å². The van der Waals surface area contributed by atoms with Crippen molar-refractivity contribution in [1.29, 1.82) is 0 Å². The van der Waals surface area contributed by atoms with Crippen LogP contribution in [-0.4, -0.2) is 24.8 Å². The maximum Gasteiger partial charge on any atom is 0.0450 e. The summed E-state index contributed by atoms with van der Waals surface area (Å²) in [5.41, 5.74) is 7.21. The van der Waals surface area contributed by atoms with E-state index in [9.17, 15) is 0 Å². The zero-order chi connectivity index (χ0) is 14.2. The second-order valence-corrected chi connectivity index (χ2v) is 5.10. The molecule has 2 aromatic rings. The Morgan fingerprint density at radius 1 is 1.00 bits per heavy atom. The van der Waals surface area contributed by atoms with Crippen LogP contribution in [0, 0.1) is 0 Å². The van der Waals surface area contributed by atoms with Gasteiger partial charge in [0, 0.05) is 19.2 Å². The van der Waals surface area contributed by atoms with Gasteiger partial charge in [-0.2, -0.15) is 0 Å². The molecule has 0 aliphatic heterocycles. The third-order valence-corrected chi connectivity index (χ3v) is 3.66. The molecule has 0 amide bonds. The number of nitrogens with one attached hydrogen (secondary N) is 1. The van der Waals surface area contributed by atoms with Crippen molar-refractivity contribution in [2.24, 2.45) is 5.73 Å². The van der Waals surface area contributed by atoms with Crippen LogP contribution in [0.4, 0.5) is 0 Å². The largest absolute Gasteiger partial charge is 0.396 e. The highest BCUT2D eigenvalue weighted by Crippen LogP contribution is 2.23. The van der Waals surface area contributed by atoms with Crippen molar-refractivity contribution in [3.63, 3.8) is 0 Å². The van der Waals surface area contributed by atoms with Gasteiger partial charge in [-0.15, -0.1) is 0 Å². The van der Waals surface area contributed by atoms with E-state index in [-0.39, 0.29) is 12.6 Å². The lowest BCUT2D eigenvalue weighted by Gasteiger charge is -2.19. The van der Waals surface area contributed by atoms with E-state index in [2.05, 4.69) is 47.8 Å². The fraction of sp³-hybridized carbons (Fsp3) is 0.412. The molecule has 1 unspecified atom stereocenters. The van der Waals surface area contributed by atoms with Crippen molar-refractivity contribution >= 4 is 10.8 Å². The molecule has 0 aromatic heterocycles. The van der Waals surface area contributed by atoms with Crippen LogP contribution < -0.4 is 11.1 Å². The number of fused-ring (bicyclic) bond motifs is 1. The van der Waals surface area contributed by atoms with Crippen LogP contribution in [0.1, 0.15) is 30.9 Å². The molecule has 0 aliphatic carbocycles. The Morgan fingerprint density at radius 2 is 1.80 bits per heavy atom. The maximum absolute atomic E-state index is 8.78. The van der Waals surface area contributed by atoms with Gasteiger partial charge in [0.25, 0.3) is 0 Å². The predicted molar refractivity (Wildman–Crippen MR) is 84.7 cm³/mol. The molecule has 0 radical (unpaired) electrons. The van der Waals surface area contributed by atoms with E-state index in [1.807, 2.05) is 0 Å². The van der Waals surface area contributed by atoms with Gasteiger partial charge in [0.05, 0.1) is 0 Å². The van der Waals surface area contributed by atoms with E-state index in [4.69, 9.17) is 10.8 Å². The zero-order valence-corrected chi connectivity index (χ0v) is 11.9. The van der Waals surface area contributed by atoms with Crippen molar-refractivity contribution in [3.8, 4) is 0 Å². The molecule has 20 heavy (non-hydrogen) atoms. The number of benzene rings is 2. The molecule has 3 nitrogen and oxygen atoms in total. The van der Waals surface area contributed by atoms with Gasteiger partial charge in [0.1, 0.15) is 0 Å². The number of aliphatic hydroxyl groups excluding tert-OH is 1. The van der Waals surface area contributed by atoms with Crippen LogP contribution in [0.25, 0.3) is 10.8 Å². The summed E-state index contributed by atoms with van der Waals surface area (Å²) >= 11 is 0. The lowest BCUT2D eigenvalue weighted by molar-refractivity contribution is 0.282. The summed E-state index contributed by atoms with van der Waals surface area (Å²) in [5, 5.41) is 14.8. The van der Waals surface area contributed by atoms with Gasteiger partial charge in [0.2, 0.25) is 0 Å². The molecular weight excluding hydrogens is 248 g/mol. The molecule has 0 fully saturated rings. The second kappa shape index (κ2) is 8.00. The first kappa shape index (κ1) is 15.0. The van der Waals surface area contributed by atoms with E-state index in [1.54, 1.807) is 0 Å². The number of aliphatic hydroxyl groups is 1. The zero-order valence-electron chi connectivity index (χ0n) is 11.9. The molecule has 0 saturated carbocycles. The van der Waals surface area contributed by atoms with Gasteiger partial charge in [-0.1, -0.05) is 42.5 Å². The summed E-state index contributed by atoms with van der Waals surface area (Å²) < 4.78 is 0. The molecule has 108 valence electrons. The summed E-state index contributed by atoms with van der Waals surface area (Å²) in [4.78, 5) is 0. The third kappa shape index (κ3) is 3.79. The minimum absolute atomic E-state index is 0.190. The highest BCUT2D eigenvalue weighted by molar-refractivity contribution is 5.86. The maximum atomic E-state index is 8.78. The van der Waals surface area contributed by atoms with Crippen molar-refractivity contribution < 1.29 is 5.11 Å². The van der Waals surface area contributed by atoms with Gasteiger partial charge in [-0.3, -0.25) is 0 Å². The standard InChI is InChI=1S/C17H24N2O/c18-13-17(19-11-4-1-5-12-20)16-10-6-8-14-7-2-3-9-15(14)16/h2-3,6-10,17,19-20H,1,4-5,11-13,18H2. The normalized spacial score (nSPS) is 12.7. The quantitative estimate of drug-likeness (QED) is 0.647. The minimum Gasteiger partial charge on any atom is -0.396 e.